The maximum atomic E-state index is 11.3. The van der Waals surface area contributed by atoms with E-state index >= 15 is 0 Å². The number of carbonyl (C=O) groups excluding carboxylic acids is 2. The van der Waals surface area contributed by atoms with E-state index in [0.29, 0.717) is 11.1 Å². The van der Waals surface area contributed by atoms with Gasteiger partial charge in [-0.1, -0.05) is 12.1 Å². The normalized spacial score (nSPS) is 12.2. The zero-order valence-electron chi connectivity index (χ0n) is 21.0. The van der Waals surface area contributed by atoms with Crippen LogP contribution in [-0.4, -0.2) is 82.4 Å². The van der Waals surface area contributed by atoms with E-state index in [0.717, 1.165) is 24.3 Å². The summed E-state index contributed by atoms with van der Waals surface area (Å²) >= 11 is 0. The van der Waals surface area contributed by atoms with Crippen molar-refractivity contribution < 1.29 is 71.6 Å². The van der Waals surface area contributed by atoms with Gasteiger partial charge in [0.2, 0.25) is 0 Å². The predicted octanol–water partition coefficient (Wildman–Crippen LogP) is 2.43. The molecule has 0 amide bonds. The summed E-state index contributed by atoms with van der Waals surface area (Å²) in [6, 6.07) is 14.2. The van der Waals surface area contributed by atoms with Crippen LogP contribution in [0.25, 0.3) is 0 Å². The molecule has 0 unspecified atom stereocenters. The van der Waals surface area contributed by atoms with Crippen LogP contribution in [0.1, 0.15) is 62.1 Å². The van der Waals surface area contributed by atoms with Gasteiger partial charge >= 0.3 is 35.8 Å². The number of carboxylic acid groups (broad SMARTS) is 4. The molecule has 42 heavy (non-hydrogen) atoms. The minimum absolute atomic E-state index is 0.0186. The van der Waals surface area contributed by atoms with Gasteiger partial charge in [-0.15, -0.1) is 0 Å². The Morgan fingerprint density at radius 1 is 0.595 bits per heavy atom. The molecular weight excluding hydrogens is 584 g/mol. The number of carboxylic acids is 4. The Bertz CT molecular complexity index is 1540. The van der Waals surface area contributed by atoms with Crippen molar-refractivity contribution in [1.29, 1.82) is 0 Å². The van der Waals surface area contributed by atoms with Crippen LogP contribution in [0.15, 0.2) is 71.6 Å². The third-order valence-electron chi connectivity index (χ3n) is 5.00. The Kier molecular flexibility index (Phi) is 11.0. The molecule has 5 N–H and O–H groups in total. The molecule has 0 spiro atoms. The van der Waals surface area contributed by atoms with Gasteiger partial charge in [0, 0.05) is 0 Å². The number of rotatable bonds is 5. The zero-order valence-corrected chi connectivity index (χ0v) is 21.8. The summed E-state index contributed by atoms with van der Waals surface area (Å²) in [7, 11) is -4.92. The van der Waals surface area contributed by atoms with Crippen LogP contribution in [0.2, 0.25) is 0 Å². The molecule has 0 fully saturated rings. The van der Waals surface area contributed by atoms with E-state index in [2.05, 4.69) is 0 Å². The van der Waals surface area contributed by atoms with E-state index in [-0.39, 0.29) is 24.3 Å². The van der Waals surface area contributed by atoms with E-state index in [1.54, 1.807) is 24.3 Å². The Morgan fingerprint density at radius 2 is 0.952 bits per heavy atom. The van der Waals surface area contributed by atoms with Crippen LogP contribution in [0.4, 0.5) is 0 Å². The second kappa shape index (κ2) is 14.1. The quantitative estimate of drug-likeness (QED) is 0.207. The molecule has 0 aliphatic carbocycles. The van der Waals surface area contributed by atoms with Crippen LogP contribution in [0.3, 0.4) is 0 Å². The first-order valence-electron chi connectivity index (χ1n) is 11.2. The van der Waals surface area contributed by atoms with E-state index in [9.17, 15) is 37.2 Å². The third kappa shape index (κ3) is 8.97. The number of ether oxygens (including phenoxy) is 2. The summed E-state index contributed by atoms with van der Waals surface area (Å²) in [4.78, 5) is 63.5. The molecular formula is C26H20O15S. The van der Waals surface area contributed by atoms with Gasteiger partial charge in [0.25, 0.3) is 10.1 Å². The van der Waals surface area contributed by atoms with Crippen molar-refractivity contribution in [3.05, 3.63) is 100 Å². The maximum absolute atomic E-state index is 11.3. The number of hydrogen-bond donors (Lipinski definition) is 5. The molecule has 0 saturated carbocycles. The van der Waals surface area contributed by atoms with Gasteiger partial charge in [-0.25, -0.2) is 28.8 Å². The number of aromatic carboxylic acids is 4. The van der Waals surface area contributed by atoms with Crippen LogP contribution < -0.4 is 0 Å². The van der Waals surface area contributed by atoms with Gasteiger partial charge in [-0.05, 0) is 54.6 Å². The summed E-state index contributed by atoms with van der Waals surface area (Å²) in [6.45, 7) is 0.200. The van der Waals surface area contributed by atoms with Crippen molar-refractivity contribution in [2.24, 2.45) is 0 Å². The lowest BCUT2D eigenvalue weighted by molar-refractivity contribution is 0.0260. The Labute approximate surface area is 235 Å². The van der Waals surface area contributed by atoms with Crippen molar-refractivity contribution >= 4 is 45.9 Å². The highest BCUT2D eigenvalue weighted by molar-refractivity contribution is 7.86. The second-order valence-corrected chi connectivity index (χ2v) is 9.17. The molecule has 3 aromatic rings. The standard InChI is InChI=1S/C10H8O4.C8H6O7S.C8H6O4/c11-9-7-1-2-8(4-3-7)10(12)14-6-5-13-9;9-7(10)4-2-1-3-5(8(11)12)6(4)16(13,14)15;9-7(10)5-2-1-3-6(4-5)8(11)12/h1-4H,5-6H2;1-3H,(H,9,10)(H,11,12)(H,13,14,15);1-4H,(H,9,10)(H,11,12). The number of carbonyl (C=O) groups is 6. The van der Waals surface area contributed by atoms with E-state index in [1.165, 1.54) is 18.2 Å². The molecule has 220 valence electrons. The summed E-state index contributed by atoms with van der Waals surface area (Å²) in [5.41, 5.74) is -0.721. The van der Waals surface area contributed by atoms with Gasteiger partial charge in [0.1, 0.15) is 18.1 Å². The summed E-state index contributed by atoms with van der Waals surface area (Å²) in [5, 5.41) is 34.3. The lowest BCUT2D eigenvalue weighted by Crippen LogP contribution is -2.16. The minimum atomic E-state index is -4.92. The van der Waals surface area contributed by atoms with Gasteiger partial charge in [-0.2, -0.15) is 8.42 Å². The average molecular weight is 604 g/mol. The molecule has 15 nitrogen and oxygen atoms in total. The first-order valence-corrected chi connectivity index (χ1v) is 12.7. The fourth-order valence-corrected chi connectivity index (χ4v) is 3.98. The fourth-order valence-electron chi connectivity index (χ4n) is 3.11. The minimum Gasteiger partial charge on any atom is -0.478 e. The maximum Gasteiger partial charge on any atom is 0.338 e. The molecule has 0 radical (unpaired) electrons. The van der Waals surface area contributed by atoms with E-state index in [4.69, 9.17) is 34.5 Å². The number of esters is 2. The van der Waals surface area contributed by atoms with Crippen LogP contribution in [0, 0.1) is 0 Å². The van der Waals surface area contributed by atoms with Crippen molar-refractivity contribution in [2.45, 2.75) is 4.90 Å². The molecule has 2 aliphatic heterocycles. The second-order valence-electron chi connectivity index (χ2n) is 7.81. The molecule has 5 rings (SSSR count). The molecule has 0 aromatic heterocycles. The lowest BCUT2D eigenvalue weighted by Gasteiger charge is -2.09. The van der Waals surface area contributed by atoms with Crippen molar-refractivity contribution in [2.75, 3.05) is 13.2 Å². The van der Waals surface area contributed by atoms with Crippen LogP contribution in [-0.2, 0) is 19.6 Å². The molecule has 0 saturated heterocycles. The molecule has 2 heterocycles. The summed E-state index contributed by atoms with van der Waals surface area (Å²) in [6.07, 6.45) is 0. The lowest BCUT2D eigenvalue weighted by atomic mass is 10.1. The van der Waals surface area contributed by atoms with Crippen LogP contribution in [0.5, 0.6) is 0 Å². The smallest absolute Gasteiger partial charge is 0.338 e. The number of fused-ring (bicyclic) bond motifs is 7. The largest absolute Gasteiger partial charge is 0.478 e. The summed E-state index contributed by atoms with van der Waals surface area (Å²) < 4.78 is 40.3. The SMILES string of the molecule is O=C(O)c1cccc(C(=O)O)c1.O=C(O)c1cccc(C(=O)O)c1S(=O)(=O)O.O=C1OCCOC(=O)c2ccc1cc2. The average Bonchev–Trinajstić information content (AvgIpc) is 2.94. The molecule has 0 atom stereocenters. The highest BCUT2D eigenvalue weighted by Gasteiger charge is 2.27. The number of hydrogen-bond acceptors (Lipinski definition) is 10. The Hall–Kier alpha value is -5.61. The fraction of sp³-hybridized carbons (Fsp3) is 0.0769. The molecule has 2 aliphatic rings. The van der Waals surface area contributed by atoms with Gasteiger partial charge in [-0.3, -0.25) is 4.55 Å². The van der Waals surface area contributed by atoms with Gasteiger partial charge in [0.15, 0.2) is 0 Å². The first-order chi connectivity index (χ1) is 19.6. The predicted molar refractivity (Wildman–Crippen MR) is 138 cm³/mol. The van der Waals surface area contributed by atoms with Crippen molar-refractivity contribution in [3.63, 3.8) is 0 Å². The van der Waals surface area contributed by atoms with Gasteiger partial charge < -0.3 is 29.9 Å². The first kappa shape index (κ1) is 32.6. The summed E-state index contributed by atoms with van der Waals surface area (Å²) in [5.74, 6) is -6.33. The van der Waals surface area contributed by atoms with E-state index < -0.39 is 62.0 Å². The highest BCUT2D eigenvalue weighted by Crippen LogP contribution is 2.21. The molecule has 2 bridgehead atoms. The topological polar surface area (TPSA) is 256 Å². The highest BCUT2D eigenvalue weighted by atomic mass is 32.2. The zero-order chi connectivity index (χ0) is 31.6. The van der Waals surface area contributed by atoms with Crippen molar-refractivity contribution in [1.82, 2.24) is 0 Å². The van der Waals surface area contributed by atoms with Crippen molar-refractivity contribution in [3.8, 4) is 0 Å². The molecule has 3 aromatic carbocycles. The third-order valence-corrected chi connectivity index (χ3v) is 5.95. The van der Waals surface area contributed by atoms with Crippen LogP contribution >= 0.6 is 0 Å². The molecule has 16 heteroatoms. The monoisotopic (exact) mass is 604 g/mol. The number of benzene rings is 3. The Balaban J connectivity index is 0.000000222. The van der Waals surface area contributed by atoms with E-state index in [1.807, 2.05) is 0 Å². The Morgan fingerprint density at radius 3 is 1.26 bits per heavy atom. The van der Waals surface area contributed by atoms with Gasteiger partial charge in [0.05, 0.1) is 33.4 Å².